The number of hydrogen-bond donors (Lipinski definition) is 2. The van der Waals surface area contributed by atoms with E-state index >= 15 is 8.78 Å². The molecule has 328 valence electrons. The number of amides is 1. The molecule has 6 aromatic rings. The van der Waals surface area contributed by atoms with Crippen LogP contribution in [0.2, 0.25) is 0 Å². The topological polar surface area (TPSA) is 143 Å². The van der Waals surface area contributed by atoms with Crippen LogP contribution in [0, 0.1) is 17.6 Å². The Hall–Kier alpha value is -5.35. The zero-order valence-electron chi connectivity index (χ0n) is 33.6. The van der Waals surface area contributed by atoms with E-state index in [9.17, 15) is 35.2 Å². The molecule has 2 aromatic carbocycles. The quantitative estimate of drug-likeness (QED) is 0.132. The summed E-state index contributed by atoms with van der Waals surface area (Å²) >= 11 is 1.37. The van der Waals surface area contributed by atoms with Gasteiger partial charge in [-0.1, -0.05) is 23.5 Å². The van der Waals surface area contributed by atoms with Crippen LogP contribution < -0.4 is 14.9 Å². The summed E-state index contributed by atoms with van der Waals surface area (Å²) in [6, 6.07) is 8.65. The largest absolute Gasteiger partial charge is 0.435 e. The smallest absolute Gasteiger partial charge is 0.348 e. The number of nitrogens with zero attached hydrogens (tertiary/aromatic N) is 8. The molecule has 62 heavy (non-hydrogen) atoms. The number of pyridine rings is 1. The van der Waals surface area contributed by atoms with Crippen molar-refractivity contribution in [3.05, 3.63) is 82.3 Å². The summed E-state index contributed by atoms with van der Waals surface area (Å²) in [6.45, 7) is 0.384. The molecule has 0 bridgehead atoms. The number of halogens is 7. The SMILES string of the molecule is CN(C)C1CCN(c2nc3nc([C@H](Cc4cc(F)cc(F)c4)NC(=O)Cn4nc(C(F)(F)F)c5c4C(F)(F)[C@@H]4CC54)c(-c4cccc5c(NS(C)(=O)=O)nn(C)c45)cc3s2)CC1. The van der Waals surface area contributed by atoms with E-state index in [-0.39, 0.29) is 35.6 Å². The molecule has 1 saturated carbocycles. The number of rotatable bonds is 11. The zero-order valence-corrected chi connectivity index (χ0v) is 35.2. The van der Waals surface area contributed by atoms with Crippen LogP contribution in [-0.4, -0.2) is 88.2 Å². The lowest BCUT2D eigenvalue weighted by atomic mass is 9.94. The average Bonchev–Trinajstić information content (AvgIpc) is 3.44. The van der Waals surface area contributed by atoms with Gasteiger partial charge < -0.3 is 15.1 Å². The number of benzene rings is 2. The zero-order chi connectivity index (χ0) is 44.2. The molecule has 3 aliphatic rings. The van der Waals surface area contributed by atoms with Crippen LogP contribution in [0.5, 0.6) is 0 Å². The number of aromatic nitrogens is 6. The Morgan fingerprint density at radius 3 is 2.40 bits per heavy atom. The first-order chi connectivity index (χ1) is 29.2. The molecule has 1 amide bonds. The normalized spacial score (nSPS) is 19.3. The summed E-state index contributed by atoms with van der Waals surface area (Å²) in [4.78, 5) is 28.3. The van der Waals surface area contributed by atoms with Gasteiger partial charge in [-0.3, -0.25) is 18.9 Å². The number of alkyl halides is 5. The van der Waals surface area contributed by atoms with Gasteiger partial charge in [0.05, 0.1) is 28.2 Å². The average molecular weight is 905 g/mol. The lowest BCUT2D eigenvalue weighted by molar-refractivity contribution is -0.142. The van der Waals surface area contributed by atoms with Gasteiger partial charge in [0.15, 0.2) is 22.3 Å². The summed E-state index contributed by atoms with van der Waals surface area (Å²) in [5, 5.41) is 11.7. The Balaban J connectivity index is 1.18. The summed E-state index contributed by atoms with van der Waals surface area (Å²) in [5.41, 5.74) is -1.35. The third-order valence-corrected chi connectivity index (χ3v) is 13.4. The summed E-state index contributed by atoms with van der Waals surface area (Å²) in [5.74, 6) is -8.87. The van der Waals surface area contributed by atoms with Crippen molar-refractivity contribution in [3.8, 4) is 11.1 Å². The highest BCUT2D eigenvalue weighted by Crippen LogP contribution is 2.68. The standard InChI is InChI=1S/C40H39F7N10O3S2/c1-54(2)22-8-10-56(11-9-22)38-50-37-29(61-38)17-25(23-6-5-7-24-33(23)55(3)52-36(24)53-62(4,59)60)32(49-37)28(14-19-12-20(41)15-21(42)13-19)48-30(58)18-57-35-31(34(51-57)40(45,46)47)26-16-27(26)39(35,43)44/h5-7,12-13,15,17,22,26-28H,8-11,14,16,18H2,1-4H3,(H,48,58)(H,52,53)/t26?,27-,28+/m1/s1. The molecule has 2 N–H and O–H groups in total. The van der Waals surface area contributed by atoms with Gasteiger partial charge in [-0.2, -0.15) is 37.1 Å². The highest BCUT2D eigenvalue weighted by atomic mass is 32.2. The van der Waals surface area contributed by atoms with Crippen molar-refractivity contribution in [1.82, 2.24) is 39.7 Å². The van der Waals surface area contributed by atoms with E-state index in [1.807, 2.05) is 14.1 Å². The van der Waals surface area contributed by atoms with Crippen LogP contribution in [0.3, 0.4) is 0 Å². The van der Waals surface area contributed by atoms with Gasteiger partial charge in [-0.25, -0.2) is 22.2 Å². The molecule has 9 rings (SSSR count). The number of para-hydroxylation sites is 1. The molecule has 1 unspecified atom stereocenters. The molecule has 0 radical (unpaired) electrons. The van der Waals surface area contributed by atoms with Crippen molar-refractivity contribution in [3.63, 3.8) is 0 Å². The lowest BCUT2D eigenvalue weighted by Crippen LogP contribution is -2.41. The van der Waals surface area contributed by atoms with Crippen molar-refractivity contribution in [2.45, 2.75) is 62.3 Å². The van der Waals surface area contributed by atoms with Gasteiger partial charge in [0, 0.05) is 60.2 Å². The minimum absolute atomic E-state index is 0.0307. The molecule has 1 aliphatic heterocycles. The van der Waals surface area contributed by atoms with Gasteiger partial charge >= 0.3 is 6.18 Å². The summed E-state index contributed by atoms with van der Waals surface area (Å²) in [6.07, 6.45) is -2.77. The van der Waals surface area contributed by atoms with Gasteiger partial charge in [0.25, 0.3) is 5.92 Å². The minimum Gasteiger partial charge on any atom is -0.348 e. The molecular weight excluding hydrogens is 866 g/mol. The molecule has 22 heteroatoms. The predicted octanol–water partition coefficient (Wildman–Crippen LogP) is 6.95. The highest BCUT2D eigenvalue weighted by Gasteiger charge is 2.68. The molecule has 13 nitrogen and oxygen atoms in total. The second kappa shape index (κ2) is 14.9. The van der Waals surface area contributed by atoms with Crippen LogP contribution in [0.4, 0.5) is 41.7 Å². The summed E-state index contributed by atoms with van der Waals surface area (Å²) < 4.78 is 132. The van der Waals surface area contributed by atoms with Crippen LogP contribution >= 0.6 is 11.3 Å². The van der Waals surface area contributed by atoms with Crippen molar-refractivity contribution in [2.75, 3.05) is 43.1 Å². The monoisotopic (exact) mass is 904 g/mol. The van der Waals surface area contributed by atoms with Crippen LogP contribution in [0.1, 0.15) is 59.4 Å². The van der Waals surface area contributed by atoms with E-state index in [0.29, 0.717) is 61.7 Å². The van der Waals surface area contributed by atoms with E-state index in [1.54, 1.807) is 31.3 Å². The maximum atomic E-state index is 15.5. The van der Waals surface area contributed by atoms with Gasteiger partial charge in [0.1, 0.15) is 23.9 Å². The molecule has 4 aromatic heterocycles. The minimum atomic E-state index is -5.06. The van der Waals surface area contributed by atoms with Gasteiger partial charge in [0.2, 0.25) is 15.9 Å². The molecule has 2 aliphatic carbocycles. The van der Waals surface area contributed by atoms with Gasteiger partial charge in [-0.05, 0) is 75.5 Å². The Morgan fingerprint density at radius 2 is 1.74 bits per heavy atom. The maximum Gasteiger partial charge on any atom is 0.435 e. The first-order valence-electron chi connectivity index (χ1n) is 19.6. The van der Waals surface area contributed by atoms with E-state index in [1.165, 1.54) is 16.0 Å². The lowest BCUT2D eigenvalue weighted by Gasteiger charge is -2.34. The number of carbonyl (C=O) groups excluding carboxylic acids is 1. The van der Waals surface area contributed by atoms with Crippen molar-refractivity contribution < 1.29 is 43.9 Å². The number of anilines is 2. The highest BCUT2D eigenvalue weighted by molar-refractivity contribution is 7.92. The molecule has 3 atom stereocenters. The Bertz CT molecular complexity index is 2870. The first kappa shape index (κ1) is 42.0. The number of piperidine rings is 1. The van der Waals surface area contributed by atoms with Crippen molar-refractivity contribution in [2.24, 2.45) is 13.0 Å². The third-order valence-electron chi connectivity index (χ3n) is 11.8. The molecular formula is C40H39F7N10O3S2. The number of carbonyl (C=O) groups is 1. The second-order valence-corrected chi connectivity index (χ2v) is 19.2. The van der Waals surface area contributed by atoms with E-state index in [0.717, 1.165) is 31.2 Å². The first-order valence-corrected chi connectivity index (χ1v) is 22.3. The Labute approximate surface area is 354 Å². The molecule has 2 fully saturated rings. The Kier molecular flexibility index (Phi) is 10.1. The van der Waals surface area contributed by atoms with Gasteiger partial charge in [-0.15, -0.1) is 0 Å². The van der Waals surface area contributed by atoms with E-state index in [2.05, 4.69) is 30.0 Å². The van der Waals surface area contributed by atoms with E-state index in [4.69, 9.17) is 9.97 Å². The number of sulfonamides is 1. The fraction of sp³-hybridized carbons (Fsp3) is 0.425. The number of nitrogens with one attached hydrogen (secondary N) is 2. The second-order valence-electron chi connectivity index (χ2n) is 16.4. The van der Waals surface area contributed by atoms with Crippen molar-refractivity contribution >= 4 is 59.5 Å². The molecule has 0 spiro atoms. The van der Waals surface area contributed by atoms with E-state index < -0.39 is 81.0 Å². The number of hydrogen-bond acceptors (Lipinski definition) is 10. The Morgan fingerprint density at radius 1 is 1.03 bits per heavy atom. The summed E-state index contributed by atoms with van der Waals surface area (Å²) in [7, 11) is 1.88. The van der Waals surface area contributed by atoms with Crippen LogP contribution in [0.25, 0.3) is 32.4 Å². The van der Waals surface area contributed by atoms with Crippen molar-refractivity contribution in [1.29, 1.82) is 0 Å². The fourth-order valence-corrected chi connectivity index (χ4v) is 10.5. The number of thiazole rings is 1. The number of fused-ring (bicyclic) bond motifs is 5. The molecule has 1 saturated heterocycles. The predicted molar refractivity (Wildman–Crippen MR) is 217 cm³/mol. The third kappa shape index (κ3) is 7.62. The fourth-order valence-electron chi connectivity index (χ4n) is 9.01. The number of aryl methyl sites for hydroxylation is 1. The maximum absolute atomic E-state index is 15.5. The van der Waals surface area contributed by atoms with Crippen LogP contribution in [-0.2, 0) is 46.9 Å². The molecule has 5 heterocycles. The van der Waals surface area contributed by atoms with Crippen LogP contribution in [0.15, 0.2) is 42.5 Å².